The second-order valence-electron chi connectivity index (χ2n) is 6.15. The molecule has 1 atom stereocenters. The smallest absolute Gasteiger partial charge is 0.251 e. The first-order valence-electron chi connectivity index (χ1n) is 8.42. The number of carbonyl (C=O) groups is 1. The summed E-state index contributed by atoms with van der Waals surface area (Å²) in [5.74, 6) is 1.38. The van der Waals surface area contributed by atoms with Crippen LogP contribution in [0, 0.1) is 0 Å². The predicted octanol–water partition coefficient (Wildman–Crippen LogP) is 2.61. The molecule has 1 N–H and O–H groups in total. The Kier molecular flexibility index (Phi) is 4.31. The first-order chi connectivity index (χ1) is 12.7. The van der Waals surface area contributed by atoms with Gasteiger partial charge in [0.2, 0.25) is 0 Å². The minimum absolute atomic E-state index is 0.0737. The van der Waals surface area contributed by atoms with Gasteiger partial charge in [-0.25, -0.2) is 4.98 Å². The Morgan fingerprint density at radius 3 is 2.85 bits per heavy atom. The number of methoxy groups -OCH3 is 1. The molecular weight excluding hydrogens is 330 g/mol. The van der Waals surface area contributed by atoms with Gasteiger partial charge in [0.15, 0.2) is 11.5 Å². The van der Waals surface area contributed by atoms with Crippen molar-refractivity contribution in [3.63, 3.8) is 0 Å². The molecule has 1 aliphatic heterocycles. The van der Waals surface area contributed by atoms with Crippen molar-refractivity contribution in [1.82, 2.24) is 14.9 Å². The van der Waals surface area contributed by atoms with Gasteiger partial charge >= 0.3 is 0 Å². The maximum atomic E-state index is 12.5. The van der Waals surface area contributed by atoms with Crippen molar-refractivity contribution >= 4 is 5.91 Å². The van der Waals surface area contributed by atoms with Gasteiger partial charge in [0, 0.05) is 29.2 Å². The van der Waals surface area contributed by atoms with Crippen molar-refractivity contribution in [2.24, 2.45) is 0 Å². The summed E-state index contributed by atoms with van der Waals surface area (Å²) in [6, 6.07) is 13.1. The van der Waals surface area contributed by atoms with E-state index in [9.17, 15) is 4.79 Å². The molecule has 1 unspecified atom stereocenters. The fourth-order valence-corrected chi connectivity index (χ4v) is 3.11. The number of para-hydroxylation sites is 1. The van der Waals surface area contributed by atoms with Gasteiger partial charge in [-0.1, -0.05) is 12.1 Å². The maximum absolute atomic E-state index is 12.5. The fraction of sp³-hybridized carbons (Fsp3) is 0.200. The number of rotatable bonds is 4. The molecule has 4 rings (SSSR count). The van der Waals surface area contributed by atoms with Crippen LogP contribution in [0.4, 0.5) is 0 Å². The molecule has 0 radical (unpaired) electrons. The molecule has 132 valence electrons. The molecule has 6 nitrogen and oxygen atoms in total. The van der Waals surface area contributed by atoms with Crippen LogP contribution in [0.3, 0.4) is 0 Å². The van der Waals surface area contributed by atoms with Gasteiger partial charge in [0.25, 0.3) is 5.91 Å². The Bertz CT molecular complexity index is 905. The Labute approximate surface area is 151 Å². The molecule has 0 aliphatic carbocycles. The van der Waals surface area contributed by atoms with Crippen LogP contribution < -0.4 is 14.8 Å². The van der Waals surface area contributed by atoms with Gasteiger partial charge in [-0.05, 0) is 36.8 Å². The van der Waals surface area contributed by atoms with Gasteiger partial charge in [-0.3, -0.25) is 4.79 Å². The molecule has 0 saturated carbocycles. The third-order valence-electron chi connectivity index (χ3n) is 4.44. The van der Waals surface area contributed by atoms with Crippen LogP contribution in [0.5, 0.6) is 11.5 Å². The maximum Gasteiger partial charge on any atom is 0.251 e. The second kappa shape index (κ2) is 6.92. The Morgan fingerprint density at radius 1 is 1.27 bits per heavy atom. The number of nitrogens with zero attached hydrogens (tertiary/aromatic N) is 2. The third-order valence-corrected chi connectivity index (χ3v) is 4.44. The van der Waals surface area contributed by atoms with E-state index >= 15 is 0 Å². The molecule has 2 heterocycles. The molecule has 2 aromatic carbocycles. The summed E-state index contributed by atoms with van der Waals surface area (Å²) in [5, 5.41) is 3.04. The van der Waals surface area contributed by atoms with Gasteiger partial charge in [-0.15, -0.1) is 0 Å². The number of benzene rings is 2. The SMILES string of the molecule is COc1cccc2c1OCC(NC(=O)c1ccc(-n3ccnc3)cc1)C2. The van der Waals surface area contributed by atoms with Crippen LogP contribution in [-0.4, -0.2) is 35.2 Å². The van der Waals surface area contributed by atoms with Gasteiger partial charge in [0.05, 0.1) is 19.5 Å². The highest BCUT2D eigenvalue weighted by Crippen LogP contribution is 2.34. The fourth-order valence-electron chi connectivity index (χ4n) is 3.11. The number of hydrogen-bond acceptors (Lipinski definition) is 4. The average Bonchev–Trinajstić information content (AvgIpc) is 3.22. The highest BCUT2D eigenvalue weighted by atomic mass is 16.5. The van der Waals surface area contributed by atoms with E-state index in [0.717, 1.165) is 22.7 Å². The van der Waals surface area contributed by atoms with Gasteiger partial charge in [0.1, 0.15) is 6.61 Å². The van der Waals surface area contributed by atoms with Crippen molar-refractivity contribution < 1.29 is 14.3 Å². The summed E-state index contributed by atoms with van der Waals surface area (Å²) in [4.78, 5) is 16.6. The monoisotopic (exact) mass is 349 g/mol. The topological polar surface area (TPSA) is 65.4 Å². The minimum atomic E-state index is -0.109. The van der Waals surface area contributed by atoms with Crippen LogP contribution in [0.2, 0.25) is 0 Å². The molecule has 0 fully saturated rings. The Balaban J connectivity index is 1.44. The van der Waals surface area contributed by atoms with Crippen LogP contribution >= 0.6 is 0 Å². The lowest BCUT2D eigenvalue weighted by atomic mass is 10.0. The van der Waals surface area contributed by atoms with Crippen molar-refractivity contribution in [2.75, 3.05) is 13.7 Å². The van der Waals surface area contributed by atoms with E-state index in [1.807, 2.05) is 53.2 Å². The van der Waals surface area contributed by atoms with E-state index in [0.29, 0.717) is 18.6 Å². The lowest BCUT2D eigenvalue weighted by molar-refractivity contribution is 0.0914. The molecular formula is C20H19N3O3. The quantitative estimate of drug-likeness (QED) is 0.786. The van der Waals surface area contributed by atoms with E-state index in [2.05, 4.69) is 10.3 Å². The summed E-state index contributed by atoms with van der Waals surface area (Å²) >= 11 is 0. The van der Waals surface area contributed by atoms with Gasteiger partial charge < -0.3 is 19.4 Å². The number of fused-ring (bicyclic) bond motifs is 1. The summed E-state index contributed by atoms with van der Waals surface area (Å²) in [6.45, 7) is 0.423. The predicted molar refractivity (Wildman–Crippen MR) is 97.0 cm³/mol. The number of carbonyl (C=O) groups excluding carboxylic acids is 1. The lowest BCUT2D eigenvalue weighted by Crippen LogP contribution is -2.42. The minimum Gasteiger partial charge on any atom is -0.493 e. The van der Waals surface area contributed by atoms with E-state index in [-0.39, 0.29) is 11.9 Å². The first kappa shape index (κ1) is 16.2. The van der Waals surface area contributed by atoms with E-state index in [1.165, 1.54) is 0 Å². The van der Waals surface area contributed by atoms with Crippen LogP contribution in [0.25, 0.3) is 5.69 Å². The number of ether oxygens (including phenoxy) is 2. The summed E-state index contributed by atoms with van der Waals surface area (Å²) < 4.78 is 13.0. The van der Waals surface area contributed by atoms with Crippen molar-refractivity contribution in [1.29, 1.82) is 0 Å². The van der Waals surface area contributed by atoms with Crippen molar-refractivity contribution in [3.05, 3.63) is 72.3 Å². The molecule has 1 amide bonds. The zero-order valence-electron chi connectivity index (χ0n) is 14.4. The third kappa shape index (κ3) is 3.13. The number of hydrogen-bond donors (Lipinski definition) is 1. The number of amides is 1. The Morgan fingerprint density at radius 2 is 2.12 bits per heavy atom. The average molecular weight is 349 g/mol. The number of aromatic nitrogens is 2. The molecule has 0 spiro atoms. The van der Waals surface area contributed by atoms with Gasteiger partial charge in [-0.2, -0.15) is 0 Å². The molecule has 1 aromatic heterocycles. The van der Waals surface area contributed by atoms with E-state index in [1.54, 1.807) is 19.6 Å². The molecule has 1 aliphatic rings. The molecule has 3 aromatic rings. The standard InChI is InChI=1S/C20H19N3O3/c1-25-18-4-2-3-15-11-16(12-26-19(15)18)22-20(24)14-5-7-17(8-6-14)23-10-9-21-13-23/h2-10,13,16H,11-12H2,1H3,(H,22,24). The zero-order chi connectivity index (χ0) is 17.9. The molecule has 0 bridgehead atoms. The normalized spacial score (nSPS) is 15.7. The highest BCUT2D eigenvalue weighted by molar-refractivity contribution is 5.94. The Hall–Kier alpha value is -3.28. The summed E-state index contributed by atoms with van der Waals surface area (Å²) in [7, 11) is 1.63. The largest absolute Gasteiger partial charge is 0.493 e. The van der Waals surface area contributed by atoms with Crippen LogP contribution in [0.1, 0.15) is 15.9 Å². The first-order valence-corrected chi connectivity index (χ1v) is 8.42. The number of imidazole rings is 1. The van der Waals surface area contributed by atoms with Crippen molar-refractivity contribution in [2.45, 2.75) is 12.5 Å². The lowest BCUT2D eigenvalue weighted by Gasteiger charge is -2.27. The van der Waals surface area contributed by atoms with Crippen molar-refractivity contribution in [3.8, 4) is 17.2 Å². The van der Waals surface area contributed by atoms with E-state index < -0.39 is 0 Å². The summed E-state index contributed by atoms with van der Waals surface area (Å²) in [5.41, 5.74) is 2.61. The van der Waals surface area contributed by atoms with E-state index in [4.69, 9.17) is 9.47 Å². The summed E-state index contributed by atoms with van der Waals surface area (Å²) in [6.07, 6.45) is 6.02. The second-order valence-corrected chi connectivity index (χ2v) is 6.15. The molecule has 0 saturated heterocycles. The van der Waals surface area contributed by atoms with Crippen LogP contribution in [0.15, 0.2) is 61.2 Å². The molecule has 6 heteroatoms. The highest BCUT2D eigenvalue weighted by Gasteiger charge is 2.24. The van der Waals surface area contributed by atoms with Crippen LogP contribution in [-0.2, 0) is 6.42 Å². The zero-order valence-corrected chi connectivity index (χ0v) is 14.4. The number of nitrogens with one attached hydrogen (secondary N) is 1. The molecule has 26 heavy (non-hydrogen) atoms.